The fourth-order valence-corrected chi connectivity index (χ4v) is 2.71. The lowest BCUT2D eigenvalue weighted by Gasteiger charge is -2.27. The molecule has 1 aliphatic heterocycles. The summed E-state index contributed by atoms with van der Waals surface area (Å²) in [6.07, 6.45) is 9.14. The molecule has 0 amide bonds. The third-order valence-corrected chi connectivity index (χ3v) is 3.70. The first kappa shape index (κ1) is 13.2. The lowest BCUT2D eigenvalue weighted by molar-refractivity contribution is 0.242. The summed E-state index contributed by atoms with van der Waals surface area (Å²) in [5.41, 5.74) is 3.78. The van der Waals surface area contributed by atoms with Crippen LogP contribution < -0.4 is 0 Å². The molecule has 0 aliphatic carbocycles. The largest absolute Gasteiger partial charge is 0.294 e. The maximum atomic E-state index is 4.69. The van der Waals surface area contributed by atoms with Crippen molar-refractivity contribution in [2.45, 2.75) is 39.3 Å². The van der Waals surface area contributed by atoms with Crippen LogP contribution in [0.4, 0.5) is 0 Å². The number of nitrogens with zero attached hydrogens (tertiary/aromatic N) is 5. The molecule has 2 aromatic rings. The van der Waals surface area contributed by atoms with Gasteiger partial charge in [0.25, 0.3) is 0 Å². The van der Waals surface area contributed by atoms with E-state index in [0.29, 0.717) is 0 Å². The molecule has 0 radical (unpaired) electrons. The first-order chi connectivity index (χ1) is 9.74. The molecule has 2 aromatic heterocycles. The van der Waals surface area contributed by atoms with Crippen molar-refractivity contribution in [1.82, 2.24) is 24.6 Å². The summed E-state index contributed by atoms with van der Waals surface area (Å²) < 4.78 is 1.85. The summed E-state index contributed by atoms with van der Waals surface area (Å²) in [6.45, 7) is 5.11. The molecule has 3 rings (SSSR count). The van der Waals surface area contributed by atoms with Gasteiger partial charge < -0.3 is 0 Å². The Morgan fingerprint density at radius 3 is 2.95 bits per heavy atom. The Kier molecular flexibility index (Phi) is 3.78. The van der Waals surface area contributed by atoms with Gasteiger partial charge in [-0.15, -0.1) is 0 Å². The Hall–Kier alpha value is -1.75. The monoisotopic (exact) mass is 271 g/mol. The predicted octanol–water partition coefficient (Wildman–Crippen LogP) is 1.72. The average molecular weight is 271 g/mol. The van der Waals surface area contributed by atoms with Crippen LogP contribution >= 0.6 is 0 Å². The minimum atomic E-state index is 0.941. The molecule has 0 atom stereocenters. The Balaban J connectivity index is 1.69. The van der Waals surface area contributed by atoms with Crippen LogP contribution in [-0.2, 0) is 33.0 Å². The topological polar surface area (TPSA) is 46.8 Å². The molecule has 0 aromatic carbocycles. The predicted molar refractivity (Wildman–Crippen MR) is 77.1 cm³/mol. The number of aromatic nitrogens is 4. The lowest BCUT2D eigenvalue weighted by atomic mass is 10.1. The van der Waals surface area contributed by atoms with E-state index in [1.165, 1.54) is 16.8 Å². The van der Waals surface area contributed by atoms with Crippen molar-refractivity contribution in [1.29, 1.82) is 0 Å². The van der Waals surface area contributed by atoms with Crippen molar-refractivity contribution in [3.8, 4) is 0 Å². The second-order valence-corrected chi connectivity index (χ2v) is 5.49. The number of rotatable bonds is 4. The fraction of sp³-hybridized carbons (Fsp3) is 0.533. The third kappa shape index (κ3) is 2.88. The summed E-state index contributed by atoms with van der Waals surface area (Å²) in [5, 5.41) is 4.22. The molecule has 1 aliphatic rings. The van der Waals surface area contributed by atoms with Crippen molar-refractivity contribution in [3.05, 3.63) is 41.2 Å². The molecule has 5 nitrogen and oxygen atoms in total. The van der Waals surface area contributed by atoms with Gasteiger partial charge in [-0.1, -0.05) is 6.92 Å². The summed E-state index contributed by atoms with van der Waals surface area (Å²) >= 11 is 0. The highest BCUT2D eigenvalue weighted by Crippen LogP contribution is 2.18. The van der Waals surface area contributed by atoms with Crippen LogP contribution in [0.3, 0.4) is 0 Å². The van der Waals surface area contributed by atoms with Gasteiger partial charge in [0, 0.05) is 68.7 Å². The van der Waals surface area contributed by atoms with E-state index in [-0.39, 0.29) is 0 Å². The minimum Gasteiger partial charge on any atom is -0.294 e. The van der Waals surface area contributed by atoms with Crippen molar-refractivity contribution in [3.63, 3.8) is 0 Å². The van der Waals surface area contributed by atoms with Gasteiger partial charge in [0.05, 0.1) is 6.20 Å². The number of hydrogen-bond acceptors (Lipinski definition) is 4. The number of aryl methyl sites for hydroxylation is 2. The zero-order valence-corrected chi connectivity index (χ0v) is 12.2. The highest BCUT2D eigenvalue weighted by atomic mass is 15.2. The zero-order valence-electron chi connectivity index (χ0n) is 12.2. The van der Waals surface area contributed by atoms with Gasteiger partial charge in [-0.2, -0.15) is 5.10 Å². The molecule has 3 heterocycles. The highest BCUT2D eigenvalue weighted by Gasteiger charge is 2.18. The minimum absolute atomic E-state index is 0.941. The van der Waals surface area contributed by atoms with Crippen LogP contribution in [0.1, 0.15) is 36.0 Å². The molecule has 0 saturated carbocycles. The lowest BCUT2D eigenvalue weighted by Crippen LogP contribution is -2.31. The molecular weight excluding hydrogens is 250 g/mol. The molecule has 0 fully saturated rings. The molecular formula is C15H21N5. The van der Waals surface area contributed by atoms with Gasteiger partial charge in [-0.05, 0) is 6.42 Å². The van der Waals surface area contributed by atoms with Gasteiger partial charge in [0.15, 0.2) is 0 Å². The molecule has 0 N–H and O–H groups in total. The molecule has 0 spiro atoms. The van der Waals surface area contributed by atoms with Crippen molar-refractivity contribution in [2.24, 2.45) is 7.05 Å². The van der Waals surface area contributed by atoms with Gasteiger partial charge in [0.1, 0.15) is 5.82 Å². The van der Waals surface area contributed by atoms with E-state index in [1.54, 1.807) is 0 Å². The third-order valence-electron chi connectivity index (χ3n) is 3.70. The van der Waals surface area contributed by atoms with Crippen LogP contribution in [-0.4, -0.2) is 31.2 Å². The SMILES string of the molecule is CCCc1ncc2c(n1)CCN(Cc1cnn(C)c1)C2. The molecule has 0 unspecified atom stereocenters. The highest BCUT2D eigenvalue weighted by molar-refractivity contribution is 5.21. The summed E-state index contributed by atoms with van der Waals surface area (Å²) in [5.74, 6) is 0.993. The number of hydrogen-bond donors (Lipinski definition) is 0. The van der Waals surface area contributed by atoms with E-state index in [9.17, 15) is 0 Å². The van der Waals surface area contributed by atoms with Crippen LogP contribution in [0.2, 0.25) is 0 Å². The van der Waals surface area contributed by atoms with Crippen LogP contribution in [0, 0.1) is 0 Å². The van der Waals surface area contributed by atoms with Gasteiger partial charge >= 0.3 is 0 Å². The van der Waals surface area contributed by atoms with E-state index < -0.39 is 0 Å². The van der Waals surface area contributed by atoms with Crippen molar-refractivity contribution < 1.29 is 0 Å². The number of fused-ring (bicyclic) bond motifs is 1. The van der Waals surface area contributed by atoms with Crippen LogP contribution in [0.5, 0.6) is 0 Å². The summed E-state index contributed by atoms with van der Waals surface area (Å²) in [7, 11) is 1.96. The Bertz CT molecular complexity index is 590. The van der Waals surface area contributed by atoms with Gasteiger partial charge in [0.2, 0.25) is 0 Å². The standard InChI is InChI=1S/C15H21N5/c1-3-4-15-16-8-13-11-20(6-5-14(13)18-15)10-12-7-17-19(2)9-12/h7-9H,3-6,10-11H2,1-2H3. The quantitative estimate of drug-likeness (QED) is 0.849. The van der Waals surface area contributed by atoms with E-state index in [2.05, 4.69) is 28.1 Å². The average Bonchev–Trinajstić information content (AvgIpc) is 2.85. The second kappa shape index (κ2) is 5.71. The molecule has 106 valence electrons. The summed E-state index contributed by atoms with van der Waals surface area (Å²) in [6, 6.07) is 0. The van der Waals surface area contributed by atoms with Gasteiger partial charge in [-0.3, -0.25) is 9.58 Å². The second-order valence-electron chi connectivity index (χ2n) is 5.49. The fourth-order valence-electron chi connectivity index (χ4n) is 2.71. The van der Waals surface area contributed by atoms with Crippen molar-refractivity contribution in [2.75, 3.05) is 6.54 Å². The van der Waals surface area contributed by atoms with Crippen molar-refractivity contribution >= 4 is 0 Å². The molecule has 20 heavy (non-hydrogen) atoms. The first-order valence-electron chi connectivity index (χ1n) is 7.28. The van der Waals surface area contributed by atoms with Gasteiger partial charge in [-0.25, -0.2) is 9.97 Å². The Morgan fingerprint density at radius 1 is 1.30 bits per heavy atom. The smallest absolute Gasteiger partial charge is 0.128 e. The Morgan fingerprint density at radius 2 is 2.20 bits per heavy atom. The van der Waals surface area contributed by atoms with Crippen LogP contribution in [0.25, 0.3) is 0 Å². The zero-order chi connectivity index (χ0) is 13.9. The van der Waals surface area contributed by atoms with E-state index in [1.807, 2.05) is 24.1 Å². The molecule has 5 heteroatoms. The maximum absolute atomic E-state index is 4.69. The normalized spacial score (nSPS) is 15.3. The van der Waals surface area contributed by atoms with E-state index in [0.717, 1.165) is 44.7 Å². The summed E-state index contributed by atoms with van der Waals surface area (Å²) in [4.78, 5) is 11.6. The molecule has 0 saturated heterocycles. The molecule has 0 bridgehead atoms. The maximum Gasteiger partial charge on any atom is 0.128 e. The first-order valence-corrected chi connectivity index (χ1v) is 7.28. The Labute approximate surface area is 119 Å². The van der Waals surface area contributed by atoms with Crippen LogP contribution in [0.15, 0.2) is 18.6 Å². The van der Waals surface area contributed by atoms with E-state index in [4.69, 9.17) is 4.98 Å². The van der Waals surface area contributed by atoms with E-state index >= 15 is 0 Å².